The van der Waals surface area contributed by atoms with E-state index in [1.54, 1.807) is 17.0 Å². The number of carbonyl (C=O) groups is 1. The third-order valence-corrected chi connectivity index (χ3v) is 5.43. The number of anilines is 1. The van der Waals surface area contributed by atoms with E-state index in [0.29, 0.717) is 17.4 Å². The first-order chi connectivity index (χ1) is 12.6. The highest BCUT2D eigenvalue weighted by Gasteiger charge is 2.23. The Balaban J connectivity index is 1.78. The molecular formula is C21H18N2O2S. The first kappa shape index (κ1) is 16.5. The molecule has 4 rings (SSSR count). The van der Waals surface area contributed by atoms with Gasteiger partial charge in [-0.2, -0.15) is 0 Å². The zero-order valence-electron chi connectivity index (χ0n) is 14.6. The predicted octanol–water partition coefficient (Wildman–Crippen LogP) is 5.35. The molecule has 0 fully saturated rings. The highest BCUT2D eigenvalue weighted by molar-refractivity contribution is 7.22. The largest absolute Gasteiger partial charge is 0.459 e. The molecule has 5 heteroatoms. The van der Waals surface area contributed by atoms with Gasteiger partial charge in [0.05, 0.1) is 23.0 Å². The van der Waals surface area contributed by atoms with Crippen LogP contribution in [0.4, 0.5) is 5.13 Å². The van der Waals surface area contributed by atoms with E-state index in [4.69, 9.17) is 9.40 Å². The molecule has 0 radical (unpaired) electrons. The van der Waals surface area contributed by atoms with Gasteiger partial charge >= 0.3 is 0 Å². The topological polar surface area (TPSA) is 46.3 Å². The third kappa shape index (κ3) is 3.13. The number of rotatable bonds is 4. The van der Waals surface area contributed by atoms with Gasteiger partial charge in [-0.15, -0.1) is 0 Å². The van der Waals surface area contributed by atoms with Gasteiger partial charge in [0.1, 0.15) is 0 Å². The summed E-state index contributed by atoms with van der Waals surface area (Å²) in [5.41, 5.74) is 4.37. The summed E-state index contributed by atoms with van der Waals surface area (Å²) < 4.78 is 6.41. The summed E-state index contributed by atoms with van der Waals surface area (Å²) in [5.74, 6) is 0.124. The minimum Gasteiger partial charge on any atom is -0.459 e. The molecule has 2 aromatic heterocycles. The molecule has 0 aliphatic carbocycles. The molecule has 1 amide bonds. The second-order valence-corrected chi connectivity index (χ2v) is 7.26. The van der Waals surface area contributed by atoms with Crippen LogP contribution in [0.25, 0.3) is 10.2 Å². The van der Waals surface area contributed by atoms with E-state index in [2.05, 4.69) is 26.0 Å². The summed E-state index contributed by atoms with van der Waals surface area (Å²) in [4.78, 5) is 19.4. The normalized spacial score (nSPS) is 11.0. The van der Waals surface area contributed by atoms with Crippen LogP contribution in [0.3, 0.4) is 0 Å². The van der Waals surface area contributed by atoms with Crippen LogP contribution in [0.2, 0.25) is 0 Å². The number of amides is 1. The van der Waals surface area contributed by atoms with E-state index >= 15 is 0 Å². The minimum atomic E-state index is -0.189. The van der Waals surface area contributed by atoms with Crippen molar-refractivity contribution in [3.63, 3.8) is 0 Å². The molecule has 0 aliphatic rings. The molecule has 2 heterocycles. The zero-order chi connectivity index (χ0) is 18.1. The maximum Gasteiger partial charge on any atom is 0.296 e. The SMILES string of the molecule is Cc1cc2nc(N(Cc3ccccc3)C(=O)c3ccco3)sc2cc1C. The van der Waals surface area contributed by atoms with E-state index in [-0.39, 0.29) is 5.91 Å². The Bertz CT molecular complexity index is 1010. The molecule has 0 N–H and O–H groups in total. The number of thiazole rings is 1. The van der Waals surface area contributed by atoms with Crippen molar-refractivity contribution >= 4 is 32.6 Å². The number of hydrogen-bond donors (Lipinski definition) is 0. The van der Waals surface area contributed by atoms with Gasteiger partial charge in [0, 0.05) is 0 Å². The molecule has 0 atom stereocenters. The minimum absolute atomic E-state index is 0.189. The average molecular weight is 362 g/mol. The van der Waals surface area contributed by atoms with Crippen molar-refractivity contribution in [2.75, 3.05) is 4.90 Å². The van der Waals surface area contributed by atoms with Gasteiger partial charge in [-0.05, 0) is 54.8 Å². The molecule has 0 spiro atoms. The molecule has 4 nitrogen and oxygen atoms in total. The predicted molar refractivity (Wildman–Crippen MR) is 105 cm³/mol. The van der Waals surface area contributed by atoms with Crippen LogP contribution in [-0.4, -0.2) is 10.9 Å². The van der Waals surface area contributed by atoms with E-state index in [1.165, 1.54) is 28.7 Å². The number of furan rings is 1. The van der Waals surface area contributed by atoms with Gasteiger partial charge in [-0.25, -0.2) is 4.98 Å². The van der Waals surface area contributed by atoms with Crippen molar-refractivity contribution in [1.29, 1.82) is 0 Å². The first-order valence-corrected chi connectivity index (χ1v) is 9.20. The van der Waals surface area contributed by atoms with Gasteiger partial charge < -0.3 is 4.42 Å². The fourth-order valence-electron chi connectivity index (χ4n) is 2.81. The maximum absolute atomic E-state index is 13.0. The quantitative estimate of drug-likeness (QED) is 0.491. The first-order valence-electron chi connectivity index (χ1n) is 8.39. The number of aromatic nitrogens is 1. The van der Waals surface area contributed by atoms with Crippen LogP contribution in [0, 0.1) is 13.8 Å². The lowest BCUT2D eigenvalue weighted by molar-refractivity contribution is 0.0958. The molecule has 0 unspecified atom stereocenters. The van der Waals surface area contributed by atoms with E-state index in [0.717, 1.165) is 15.8 Å². The third-order valence-electron chi connectivity index (χ3n) is 4.38. The number of fused-ring (bicyclic) bond motifs is 1. The van der Waals surface area contributed by atoms with Gasteiger partial charge in [0.25, 0.3) is 5.91 Å². The van der Waals surface area contributed by atoms with Crippen LogP contribution in [0.15, 0.2) is 65.3 Å². The monoisotopic (exact) mass is 362 g/mol. The molecule has 26 heavy (non-hydrogen) atoms. The lowest BCUT2D eigenvalue weighted by atomic mass is 10.1. The number of hydrogen-bond acceptors (Lipinski definition) is 4. The highest BCUT2D eigenvalue weighted by atomic mass is 32.1. The van der Waals surface area contributed by atoms with Crippen LogP contribution >= 0.6 is 11.3 Å². The van der Waals surface area contributed by atoms with Crippen molar-refractivity contribution in [2.24, 2.45) is 0 Å². The standard InChI is InChI=1S/C21H18N2O2S/c1-14-11-17-19(12-15(14)2)26-21(22-17)23(13-16-7-4-3-5-8-16)20(24)18-9-6-10-25-18/h3-12H,13H2,1-2H3. The maximum atomic E-state index is 13.0. The van der Waals surface area contributed by atoms with Crippen LogP contribution in [-0.2, 0) is 6.54 Å². The second kappa shape index (κ2) is 6.77. The fourth-order valence-corrected chi connectivity index (χ4v) is 3.85. The summed E-state index contributed by atoms with van der Waals surface area (Å²) in [6.45, 7) is 4.60. The Morgan fingerprint density at radius 2 is 1.85 bits per heavy atom. The van der Waals surface area contributed by atoms with E-state index in [1.807, 2.05) is 30.3 Å². The highest BCUT2D eigenvalue weighted by Crippen LogP contribution is 2.32. The van der Waals surface area contributed by atoms with Gasteiger partial charge in [0.2, 0.25) is 0 Å². The molecule has 0 saturated heterocycles. The summed E-state index contributed by atoms with van der Waals surface area (Å²) in [6.07, 6.45) is 1.51. The van der Waals surface area contributed by atoms with Crippen molar-refractivity contribution in [3.8, 4) is 0 Å². The van der Waals surface area contributed by atoms with Gasteiger partial charge in [-0.1, -0.05) is 41.7 Å². The molecule has 0 bridgehead atoms. The summed E-state index contributed by atoms with van der Waals surface area (Å²) >= 11 is 1.53. The number of carbonyl (C=O) groups excluding carboxylic acids is 1. The summed E-state index contributed by atoms with van der Waals surface area (Å²) in [6, 6.07) is 17.5. The van der Waals surface area contributed by atoms with Crippen molar-refractivity contribution in [2.45, 2.75) is 20.4 Å². The van der Waals surface area contributed by atoms with Crippen LogP contribution < -0.4 is 4.90 Å². The van der Waals surface area contributed by atoms with Crippen molar-refractivity contribution in [3.05, 3.63) is 83.3 Å². The Kier molecular flexibility index (Phi) is 4.31. The Labute approximate surface area is 155 Å². The van der Waals surface area contributed by atoms with Crippen molar-refractivity contribution in [1.82, 2.24) is 4.98 Å². The Hall–Kier alpha value is -2.92. The van der Waals surface area contributed by atoms with Gasteiger partial charge in [-0.3, -0.25) is 9.69 Å². The molecule has 0 aliphatic heterocycles. The number of nitrogens with zero attached hydrogens (tertiary/aromatic N) is 2. The zero-order valence-corrected chi connectivity index (χ0v) is 15.4. The molecular weight excluding hydrogens is 344 g/mol. The summed E-state index contributed by atoms with van der Waals surface area (Å²) in [7, 11) is 0. The molecule has 2 aromatic carbocycles. The smallest absolute Gasteiger partial charge is 0.296 e. The summed E-state index contributed by atoms with van der Waals surface area (Å²) in [5, 5.41) is 0.676. The van der Waals surface area contributed by atoms with Crippen LogP contribution in [0.5, 0.6) is 0 Å². The lowest BCUT2D eigenvalue weighted by Crippen LogP contribution is -2.30. The van der Waals surface area contributed by atoms with Crippen molar-refractivity contribution < 1.29 is 9.21 Å². The number of benzene rings is 2. The number of aryl methyl sites for hydroxylation is 2. The fraction of sp³-hybridized carbons (Fsp3) is 0.143. The molecule has 4 aromatic rings. The van der Waals surface area contributed by atoms with E-state index < -0.39 is 0 Å². The Morgan fingerprint density at radius 1 is 1.08 bits per heavy atom. The van der Waals surface area contributed by atoms with E-state index in [9.17, 15) is 4.79 Å². The molecule has 0 saturated carbocycles. The van der Waals surface area contributed by atoms with Crippen LogP contribution in [0.1, 0.15) is 27.2 Å². The molecule has 130 valence electrons. The lowest BCUT2D eigenvalue weighted by Gasteiger charge is -2.18. The average Bonchev–Trinajstić information content (AvgIpc) is 3.30. The second-order valence-electron chi connectivity index (χ2n) is 6.25. The van der Waals surface area contributed by atoms with Gasteiger partial charge in [0.15, 0.2) is 10.9 Å². The Morgan fingerprint density at radius 3 is 2.58 bits per heavy atom.